The Morgan fingerprint density at radius 2 is 1.68 bits per heavy atom. The monoisotopic (exact) mass is 382 g/mol. The van der Waals surface area contributed by atoms with Gasteiger partial charge in [-0.15, -0.1) is 0 Å². The molecule has 1 aliphatic heterocycles. The van der Waals surface area contributed by atoms with Crippen molar-refractivity contribution in [3.8, 4) is 5.75 Å². The lowest BCUT2D eigenvalue weighted by Gasteiger charge is -2.28. The van der Waals surface area contributed by atoms with E-state index in [1.165, 1.54) is 18.2 Å². The van der Waals surface area contributed by atoms with Crippen molar-refractivity contribution in [2.24, 2.45) is 0 Å². The van der Waals surface area contributed by atoms with Crippen LogP contribution in [0.2, 0.25) is 0 Å². The fourth-order valence-electron chi connectivity index (χ4n) is 3.28. The Morgan fingerprint density at radius 3 is 2.29 bits per heavy atom. The average molecular weight is 382 g/mol. The highest BCUT2D eigenvalue weighted by Gasteiger charge is 2.23. The first-order valence-electron chi connectivity index (χ1n) is 9.38. The van der Waals surface area contributed by atoms with Crippen molar-refractivity contribution in [1.29, 1.82) is 0 Å². The minimum absolute atomic E-state index is 0.00167. The van der Waals surface area contributed by atoms with Gasteiger partial charge in [0, 0.05) is 31.1 Å². The molecule has 0 radical (unpaired) electrons. The molecule has 0 atom stereocenters. The summed E-state index contributed by atoms with van der Waals surface area (Å²) in [4.78, 5) is 37.1. The summed E-state index contributed by atoms with van der Waals surface area (Å²) < 4.78 is 5.30. The number of benzene rings is 2. The third kappa shape index (κ3) is 4.36. The zero-order valence-electron chi connectivity index (χ0n) is 15.7. The molecule has 1 fully saturated rings. The van der Waals surface area contributed by atoms with Gasteiger partial charge in [0.2, 0.25) is 0 Å². The first-order valence-corrected chi connectivity index (χ1v) is 9.38. The first kappa shape index (κ1) is 19.5. The van der Waals surface area contributed by atoms with Gasteiger partial charge in [0.05, 0.1) is 10.5 Å². The molecule has 0 bridgehead atoms. The summed E-state index contributed by atoms with van der Waals surface area (Å²) in [5, 5.41) is 11.5. The van der Waals surface area contributed by atoms with Gasteiger partial charge < -0.3 is 9.64 Å². The van der Waals surface area contributed by atoms with Crippen LogP contribution in [0, 0.1) is 10.1 Å². The molecule has 28 heavy (non-hydrogen) atoms. The Bertz CT molecular complexity index is 886. The number of nitro benzene ring substituents is 1. The maximum atomic E-state index is 12.4. The van der Waals surface area contributed by atoms with Crippen molar-refractivity contribution in [3.05, 3.63) is 63.7 Å². The summed E-state index contributed by atoms with van der Waals surface area (Å²) in [6.45, 7) is 3.32. The molecule has 0 spiro atoms. The molecule has 7 nitrogen and oxygen atoms in total. The van der Waals surface area contributed by atoms with E-state index in [4.69, 9.17) is 4.74 Å². The van der Waals surface area contributed by atoms with Crippen molar-refractivity contribution >= 4 is 23.1 Å². The van der Waals surface area contributed by atoms with E-state index in [1.807, 2.05) is 4.90 Å². The third-order valence-electron chi connectivity index (χ3n) is 4.81. The molecule has 0 aromatic heterocycles. The van der Waals surface area contributed by atoms with Crippen LogP contribution in [0.4, 0.5) is 11.4 Å². The summed E-state index contributed by atoms with van der Waals surface area (Å²) >= 11 is 0. The summed E-state index contributed by atoms with van der Waals surface area (Å²) in [6, 6.07) is 10.7. The van der Waals surface area contributed by atoms with Crippen molar-refractivity contribution in [2.75, 3.05) is 18.0 Å². The number of carbonyl (C=O) groups is 2. The molecule has 146 valence electrons. The second-order valence-corrected chi connectivity index (χ2v) is 6.70. The van der Waals surface area contributed by atoms with Crippen LogP contribution >= 0.6 is 0 Å². The Kier molecular flexibility index (Phi) is 6.03. The lowest BCUT2D eigenvalue weighted by Crippen LogP contribution is -2.30. The number of ether oxygens (including phenoxy) is 1. The molecule has 2 aromatic carbocycles. The number of carbonyl (C=O) groups excluding carboxylic acids is 2. The number of Topliss-reactive ketones (excluding diaryl/α,β-unsaturated/α-hetero) is 1. The SMILES string of the molecule is CCC(=O)c1ccc(OC(=O)c2ccc(N3CCCCC3)c([N+](=O)[O-])c2)cc1. The van der Waals surface area contributed by atoms with Gasteiger partial charge in [-0.3, -0.25) is 14.9 Å². The number of nitro groups is 1. The van der Waals surface area contributed by atoms with Crippen LogP contribution in [0.3, 0.4) is 0 Å². The van der Waals surface area contributed by atoms with E-state index in [1.54, 1.807) is 31.2 Å². The summed E-state index contributed by atoms with van der Waals surface area (Å²) in [6.07, 6.45) is 3.51. The predicted molar refractivity (Wildman–Crippen MR) is 105 cm³/mol. The van der Waals surface area contributed by atoms with E-state index in [0.29, 0.717) is 17.7 Å². The van der Waals surface area contributed by atoms with Crippen LogP contribution in [0.1, 0.15) is 53.3 Å². The topological polar surface area (TPSA) is 89.8 Å². The number of hydrogen-bond donors (Lipinski definition) is 0. The van der Waals surface area contributed by atoms with Gasteiger partial charge in [-0.1, -0.05) is 6.92 Å². The Morgan fingerprint density at radius 1 is 1.04 bits per heavy atom. The summed E-state index contributed by atoms with van der Waals surface area (Å²) in [5.74, 6) is -0.398. The number of hydrogen-bond acceptors (Lipinski definition) is 6. The predicted octanol–water partition coefficient (Wildman–Crippen LogP) is 4.40. The van der Waals surface area contributed by atoms with Gasteiger partial charge in [-0.25, -0.2) is 4.79 Å². The number of esters is 1. The van der Waals surface area contributed by atoms with Gasteiger partial charge in [0.15, 0.2) is 5.78 Å². The number of ketones is 1. The molecule has 0 unspecified atom stereocenters. The summed E-state index contributed by atoms with van der Waals surface area (Å²) in [7, 11) is 0. The fourth-order valence-corrected chi connectivity index (χ4v) is 3.28. The van der Waals surface area contributed by atoms with Gasteiger partial charge >= 0.3 is 5.97 Å². The summed E-state index contributed by atoms with van der Waals surface area (Å²) in [5.41, 5.74) is 1.09. The Balaban J connectivity index is 1.78. The smallest absolute Gasteiger partial charge is 0.343 e. The molecule has 0 N–H and O–H groups in total. The normalized spacial score (nSPS) is 13.8. The van der Waals surface area contributed by atoms with Gasteiger partial charge in [0.1, 0.15) is 11.4 Å². The zero-order chi connectivity index (χ0) is 20.1. The maximum Gasteiger partial charge on any atom is 0.343 e. The molecular weight excluding hydrogens is 360 g/mol. The third-order valence-corrected chi connectivity index (χ3v) is 4.81. The quantitative estimate of drug-likeness (QED) is 0.242. The molecule has 0 amide bonds. The molecule has 3 rings (SSSR count). The minimum atomic E-state index is -0.678. The maximum absolute atomic E-state index is 12.4. The highest BCUT2D eigenvalue weighted by molar-refractivity contribution is 5.96. The van der Waals surface area contributed by atoms with Gasteiger partial charge in [0.25, 0.3) is 5.69 Å². The molecule has 1 aliphatic rings. The molecule has 0 saturated carbocycles. The van der Waals surface area contributed by atoms with Crippen molar-refractivity contribution < 1.29 is 19.2 Å². The van der Waals surface area contributed by atoms with Crippen molar-refractivity contribution in [2.45, 2.75) is 32.6 Å². The highest BCUT2D eigenvalue weighted by atomic mass is 16.6. The van der Waals surface area contributed by atoms with E-state index in [9.17, 15) is 19.7 Å². The van der Waals surface area contributed by atoms with Crippen LogP contribution in [-0.2, 0) is 0 Å². The van der Waals surface area contributed by atoms with Crippen LogP contribution in [-0.4, -0.2) is 29.8 Å². The standard InChI is InChI=1S/C21H22N2O5/c1-2-20(24)15-6-9-17(10-7-15)28-21(25)16-8-11-18(19(14-16)23(26)27)22-12-4-3-5-13-22/h6-11,14H,2-5,12-13H2,1H3. The minimum Gasteiger partial charge on any atom is -0.423 e. The molecule has 7 heteroatoms. The largest absolute Gasteiger partial charge is 0.423 e. The number of nitrogens with zero attached hydrogens (tertiary/aromatic N) is 2. The average Bonchev–Trinajstić information content (AvgIpc) is 2.73. The van der Waals surface area contributed by atoms with Crippen LogP contribution < -0.4 is 9.64 Å². The van der Waals surface area contributed by atoms with Crippen molar-refractivity contribution in [1.82, 2.24) is 0 Å². The zero-order valence-corrected chi connectivity index (χ0v) is 15.7. The van der Waals surface area contributed by atoms with E-state index >= 15 is 0 Å². The first-order chi connectivity index (χ1) is 13.5. The van der Waals surface area contributed by atoms with E-state index in [-0.39, 0.29) is 22.8 Å². The highest BCUT2D eigenvalue weighted by Crippen LogP contribution is 2.31. The number of piperidine rings is 1. The molecule has 1 heterocycles. The van der Waals surface area contributed by atoms with Crippen LogP contribution in [0.25, 0.3) is 0 Å². The Labute approximate surface area is 163 Å². The second kappa shape index (κ2) is 8.65. The van der Waals surface area contributed by atoms with Crippen LogP contribution in [0.15, 0.2) is 42.5 Å². The second-order valence-electron chi connectivity index (χ2n) is 6.70. The molecule has 2 aromatic rings. The van der Waals surface area contributed by atoms with Crippen LogP contribution in [0.5, 0.6) is 5.75 Å². The fraction of sp³-hybridized carbons (Fsp3) is 0.333. The molecular formula is C21H22N2O5. The Hall–Kier alpha value is -3.22. The number of rotatable bonds is 6. The van der Waals surface area contributed by atoms with Crippen molar-refractivity contribution in [3.63, 3.8) is 0 Å². The molecule has 1 saturated heterocycles. The van der Waals surface area contributed by atoms with E-state index in [0.717, 1.165) is 32.4 Å². The molecule has 0 aliphatic carbocycles. The number of anilines is 1. The van der Waals surface area contributed by atoms with E-state index < -0.39 is 10.9 Å². The van der Waals surface area contributed by atoms with Gasteiger partial charge in [-0.05, 0) is 55.7 Å². The van der Waals surface area contributed by atoms with E-state index in [2.05, 4.69) is 0 Å². The van der Waals surface area contributed by atoms with Gasteiger partial charge in [-0.2, -0.15) is 0 Å². The lowest BCUT2D eigenvalue weighted by atomic mass is 10.1. The lowest BCUT2D eigenvalue weighted by molar-refractivity contribution is -0.384.